The second kappa shape index (κ2) is 3.53. The smallest absolute Gasteiger partial charge is 0.120 e. The van der Waals surface area contributed by atoms with Gasteiger partial charge in [-0.3, -0.25) is 4.68 Å². The van der Waals surface area contributed by atoms with Crippen LogP contribution in [0, 0.1) is 0 Å². The maximum absolute atomic E-state index is 13.3. The van der Waals surface area contributed by atoms with Gasteiger partial charge in [-0.25, -0.2) is 4.39 Å². The Labute approximate surface area is 82.6 Å². The number of allylic oxidation sites excluding steroid dienone is 2. The van der Waals surface area contributed by atoms with Gasteiger partial charge in [0.1, 0.15) is 5.83 Å². The number of rotatable bonds is 2. The molecule has 3 nitrogen and oxygen atoms in total. The van der Waals surface area contributed by atoms with E-state index in [1.54, 1.807) is 18.5 Å². The molecule has 0 spiro atoms. The minimum atomic E-state index is -0.0980. The molecule has 0 bridgehead atoms. The Bertz CT molecular complexity index is 353. The van der Waals surface area contributed by atoms with Gasteiger partial charge in [-0.05, 0) is 19.4 Å². The Hall–Kier alpha value is -1.16. The van der Waals surface area contributed by atoms with E-state index < -0.39 is 0 Å². The fraction of sp³-hybridized carbons (Fsp3) is 0.500. The van der Waals surface area contributed by atoms with Crippen LogP contribution in [0.25, 0.3) is 0 Å². The predicted octanol–water partition coefficient (Wildman–Crippen LogP) is 1.75. The van der Waals surface area contributed by atoms with Crippen molar-refractivity contribution in [1.29, 1.82) is 0 Å². The zero-order chi connectivity index (χ0) is 10.1. The highest BCUT2D eigenvalue weighted by molar-refractivity contribution is 5.21. The molecule has 0 saturated heterocycles. The van der Waals surface area contributed by atoms with Crippen molar-refractivity contribution in [2.24, 2.45) is 0 Å². The van der Waals surface area contributed by atoms with Crippen molar-refractivity contribution in [3.05, 3.63) is 28.9 Å². The Kier molecular flexibility index (Phi) is 2.37. The van der Waals surface area contributed by atoms with E-state index in [4.69, 9.17) is 0 Å². The van der Waals surface area contributed by atoms with Gasteiger partial charge in [0.15, 0.2) is 0 Å². The van der Waals surface area contributed by atoms with Crippen LogP contribution in [0.2, 0.25) is 0 Å². The Morgan fingerprint density at radius 1 is 1.57 bits per heavy atom. The molecule has 0 saturated carbocycles. The van der Waals surface area contributed by atoms with Crippen molar-refractivity contribution >= 4 is 0 Å². The van der Waals surface area contributed by atoms with E-state index in [1.165, 1.54) is 5.56 Å². The second-order valence-corrected chi connectivity index (χ2v) is 3.81. The van der Waals surface area contributed by atoms with Crippen molar-refractivity contribution in [3.8, 4) is 0 Å². The van der Waals surface area contributed by atoms with E-state index in [-0.39, 0.29) is 12.4 Å². The summed E-state index contributed by atoms with van der Waals surface area (Å²) in [7, 11) is 0. The average Bonchev–Trinajstić information content (AvgIpc) is 2.63. The maximum atomic E-state index is 13.3. The highest BCUT2D eigenvalue weighted by Gasteiger charge is 2.14. The molecule has 0 amide bonds. The molecule has 2 rings (SSSR count). The van der Waals surface area contributed by atoms with Crippen molar-refractivity contribution in [2.45, 2.75) is 33.5 Å². The van der Waals surface area contributed by atoms with E-state index in [0.29, 0.717) is 0 Å². The van der Waals surface area contributed by atoms with Gasteiger partial charge in [0, 0.05) is 24.8 Å². The van der Waals surface area contributed by atoms with Crippen molar-refractivity contribution in [2.75, 3.05) is 0 Å². The van der Waals surface area contributed by atoms with E-state index in [1.807, 2.05) is 6.20 Å². The van der Waals surface area contributed by atoms with E-state index in [9.17, 15) is 4.39 Å². The highest BCUT2D eigenvalue weighted by atomic mass is 19.1. The van der Waals surface area contributed by atoms with Gasteiger partial charge in [-0.1, -0.05) is 0 Å². The maximum Gasteiger partial charge on any atom is 0.120 e. The number of halogens is 1. The summed E-state index contributed by atoms with van der Waals surface area (Å²) < 4.78 is 15.0. The van der Waals surface area contributed by atoms with Crippen LogP contribution in [-0.2, 0) is 19.6 Å². The number of hydrogen-bond acceptors (Lipinski definition) is 2. The van der Waals surface area contributed by atoms with Gasteiger partial charge in [0.05, 0.1) is 12.2 Å². The topological polar surface area (TPSA) is 29.9 Å². The summed E-state index contributed by atoms with van der Waals surface area (Å²) in [5, 5.41) is 7.48. The molecule has 0 unspecified atom stereocenters. The minimum Gasteiger partial charge on any atom is -0.307 e. The molecule has 0 fully saturated rings. The molecule has 2 heterocycles. The first-order valence-electron chi connectivity index (χ1n) is 4.74. The number of hydrogen-bond donors (Lipinski definition) is 1. The van der Waals surface area contributed by atoms with Crippen LogP contribution in [-0.4, -0.2) is 9.78 Å². The van der Waals surface area contributed by atoms with Crippen LogP contribution in [0.3, 0.4) is 0 Å². The normalized spacial score (nSPS) is 14.2. The molecule has 0 aromatic carbocycles. The largest absolute Gasteiger partial charge is 0.307 e. The molecule has 14 heavy (non-hydrogen) atoms. The van der Waals surface area contributed by atoms with E-state index >= 15 is 0 Å². The Morgan fingerprint density at radius 2 is 2.36 bits per heavy atom. The average molecular weight is 195 g/mol. The zero-order valence-electron chi connectivity index (χ0n) is 8.47. The molecule has 1 aliphatic rings. The van der Waals surface area contributed by atoms with Crippen LogP contribution in [0.15, 0.2) is 17.6 Å². The molecular formula is C10H14FN3. The molecule has 1 aliphatic heterocycles. The van der Waals surface area contributed by atoms with Gasteiger partial charge in [0.2, 0.25) is 0 Å². The monoisotopic (exact) mass is 195 g/mol. The Balaban J connectivity index is 2.15. The zero-order valence-corrected chi connectivity index (χ0v) is 8.47. The molecule has 1 aromatic heterocycles. The lowest BCUT2D eigenvalue weighted by Crippen LogP contribution is -2.06. The third-order valence-corrected chi connectivity index (χ3v) is 2.38. The Morgan fingerprint density at radius 3 is 3.00 bits per heavy atom. The van der Waals surface area contributed by atoms with Gasteiger partial charge in [-0.2, -0.15) is 5.10 Å². The molecule has 76 valence electrons. The lowest BCUT2D eigenvalue weighted by molar-refractivity contribution is 0.513. The quantitative estimate of drug-likeness (QED) is 0.779. The lowest BCUT2D eigenvalue weighted by Gasteiger charge is -2.01. The molecule has 1 aromatic rings. The van der Waals surface area contributed by atoms with Crippen molar-refractivity contribution < 1.29 is 4.39 Å². The fourth-order valence-electron chi connectivity index (χ4n) is 1.50. The summed E-state index contributed by atoms with van der Waals surface area (Å²) in [4.78, 5) is 0. The number of nitrogens with zero attached hydrogens (tertiary/aromatic N) is 2. The third kappa shape index (κ3) is 1.70. The highest BCUT2D eigenvalue weighted by Crippen LogP contribution is 2.14. The van der Waals surface area contributed by atoms with Gasteiger partial charge in [0.25, 0.3) is 0 Å². The van der Waals surface area contributed by atoms with E-state index in [2.05, 4.69) is 10.4 Å². The molecule has 4 heteroatoms. The van der Waals surface area contributed by atoms with E-state index in [0.717, 1.165) is 24.4 Å². The molecule has 0 atom stereocenters. The fourth-order valence-corrected chi connectivity index (χ4v) is 1.50. The SMILES string of the molecule is CC(C)=C(F)Cn1cc2c(n1)CNC2. The first-order valence-corrected chi connectivity index (χ1v) is 4.74. The van der Waals surface area contributed by atoms with Crippen molar-refractivity contribution in [3.63, 3.8) is 0 Å². The van der Waals surface area contributed by atoms with Gasteiger partial charge >= 0.3 is 0 Å². The summed E-state index contributed by atoms with van der Waals surface area (Å²) in [6.07, 6.45) is 1.91. The van der Waals surface area contributed by atoms with Crippen LogP contribution < -0.4 is 5.32 Å². The summed E-state index contributed by atoms with van der Waals surface area (Å²) in [6.45, 7) is 5.46. The summed E-state index contributed by atoms with van der Waals surface area (Å²) in [5.74, 6) is -0.0980. The molecule has 0 aliphatic carbocycles. The van der Waals surface area contributed by atoms with Gasteiger partial charge < -0.3 is 5.32 Å². The number of nitrogens with one attached hydrogen (secondary N) is 1. The van der Waals surface area contributed by atoms with Crippen LogP contribution in [0.4, 0.5) is 4.39 Å². The molecule has 0 radical (unpaired) electrons. The first kappa shape index (κ1) is 9.40. The summed E-state index contributed by atoms with van der Waals surface area (Å²) in [6, 6.07) is 0. The van der Waals surface area contributed by atoms with Crippen LogP contribution >= 0.6 is 0 Å². The third-order valence-electron chi connectivity index (χ3n) is 2.38. The summed E-state index contributed by atoms with van der Waals surface area (Å²) >= 11 is 0. The molecule has 1 N–H and O–H groups in total. The first-order chi connectivity index (χ1) is 6.66. The minimum absolute atomic E-state index is 0.0980. The standard InChI is InChI=1S/C10H14FN3/c1-7(2)9(11)6-14-5-8-3-12-4-10(8)13-14/h5,12H,3-4,6H2,1-2H3. The summed E-state index contributed by atoms with van der Waals surface area (Å²) in [5.41, 5.74) is 2.96. The predicted molar refractivity (Wildman–Crippen MR) is 52.3 cm³/mol. The second-order valence-electron chi connectivity index (χ2n) is 3.81. The van der Waals surface area contributed by atoms with Crippen molar-refractivity contribution in [1.82, 2.24) is 15.1 Å². The van der Waals surface area contributed by atoms with Crippen LogP contribution in [0.5, 0.6) is 0 Å². The number of aromatic nitrogens is 2. The molecular weight excluding hydrogens is 181 g/mol. The van der Waals surface area contributed by atoms with Gasteiger partial charge in [-0.15, -0.1) is 0 Å². The lowest BCUT2D eigenvalue weighted by atomic mass is 10.3. The van der Waals surface area contributed by atoms with Crippen LogP contribution in [0.1, 0.15) is 25.1 Å². The number of fused-ring (bicyclic) bond motifs is 1.